The van der Waals surface area contributed by atoms with Crippen molar-refractivity contribution in [1.29, 1.82) is 0 Å². The van der Waals surface area contributed by atoms with Gasteiger partial charge in [-0.2, -0.15) is 0 Å². The lowest BCUT2D eigenvalue weighted by molar-refractivity contribution is 0.449. The van der Waals surface area contributed by atoms with Crippen molar-refractivity contribution in [2.75, 3.05) is 0 Å². The van der Waals surface area contributed by atoms with Crippen molar-refractivity contribution in [3.63, 3.8) is 0 Å². The molecule has 1 aromatic carbocycles. The minimum atomic E-state index is -0.396. The van der Waals surface area contributed by atoms with Gasteiger partial charge in [0.25, 0.3) is 0 Å². The fourth-order valence-corrected chi connectivity index (χ4v) is 2.08. The van der Waals surface area contributed by atoms with Gasteiger partial charge in [-0.05, 0) is 32.3 Å². The maximum Gasteiger partial charge on any atom is 0.126 e. The first-order valence-electron chi connectivity index (χ1n) is 6.93. The minimum absolute atomic E-state index is 0.396. The number of aromatic amines is 1. The van der Waals surface area contributed by atoms with E-state index < -0.39 is 5.54 Å². The molecule has 0 saturated heterocycles. The third-order valence-electron chi connectivity index (χ3n) is 3.80. The van der Waals surface area contributed by atoms with E-state index in [0.29, 0.717) is 0 Å². The van der Waals surface area contributed by atoms with E-state index >= 15 is 0 Å². The predicted octanol–water partition coefficient (Wildman–Crippen LogP) is 3.53. The standard InChI is InChI=1S/C16H23N3/c1-5-12-7-9-13(10-8-12)14-11(3)18-15(19-14)16(4,17)6-2/h7-10H,5-6,17H2,1-4H3,(H,18,19). The van der Waals surface area contributed by atoms with Crippen LogP contribution in [0, 0.1) is 6.92 Å². The molecular weight excluding hydrogens is 234 g/mol. The summed E-state index contributed by atoms with van der Waals surface area (Å²) in [7, 11) is 0. The van der Waals surface area contributed by atoms with Gasteiger partial charge in [-0.15, -0.1) is 0 Å². The molecule has 0 amide bonds. The van der Waals surface area contributed by atoms with Crippen LogP contribution in [0.4, 0.5) is 0 Å². The van der Waals surface area contributed by atoms with E-state index in [4.69, 9.17) is 10.7 Å². The molecule has 102 valence electrons. The number of H-pyrrole nitrogens is 1. The lowest BCUT2D eigenvalue weighted by atomic mass is 10.00. The monoisotopic (exact) mass is 257 g/mol. The fraction of sp³-hybridized carbons (Fsp3) is 0.438. The minimum Gasteiger partial charge on any atom is -0.344 e. The fourth-order valence-electron chi connectivity index (χ4n) is 2.08. The molecule has 0 fully saturated rings. The highest BCUT2D eigenvalue weighted by Gasteiger charge is 2.23. The first-order chi connectivity index (χ1) is 8.97. The van der Waals surface area contributed by atoms with E-state index in [1.54, 1.807) is 0 Å². The highest BCUT2D eigenvalue weighted by Crippen LogP contribution is 2.26. The Bertz CT molecular complexity index is 550. The van der Waals surface area contributed by atoms with E-state index in [0.717, 1.165) is 35.6 Å². The van der Waals surface area contributed by atoms with Gasteiger partial charge in [0.2, 0.25) is 0 Å². The van der Waals surface area contributed by atoms with Crippen LogP contribution in [0.2, 0.25) is 0 Å². The maximum absolute atomic E-state index is 6.25. The van der Waals surface area contributed by atoms with Crippen molar-refractivity contribution < 1.29 is 0 Å². The third-order valence-corrected chi connectivity index (χ3v) is 3.80. The van der Waals surface area contributed by atoms with Crippen LogP contribution in [-0.4, -0.2) is 9.97 Å². The summed E-state index contributed by atoms with van der Waals surface area (Å²) >= 11 is 0. The number of hydrogen-bond donors (Lipinski definition) is 2. The number of imidazole rings is 1. The Kier molecular flexibility index (Phi) is 3.76. The second-order valence-corrected chi connectivity index (χ2v) is 5.38. The number of nitrogens with one attached hydrogen (secondary N) is 1. The van der Waals surface area contributed by atoms with Crippen molar-refractivity contribution in [2.24, 2.45) is 5.73 Å². The van der Waals surface area contributed by atoms with Gasteiger partial charge in [-0.3, -0.25) is 0 Å². The van der Waals surface area contributed by atoms with Gasteiger partial charge in [0.15, 0.2) is 0 Å². The van der Waals surface area contributed by atoms with Crippen molar-refractivity contribution in [1.82, 2.24) is 9.97 Å². The Morgan fingerprint density at radius 3 is 2.37 bits per heavy atom. The molecule has 2 rings (SSSR count). The number of nitrogens with two attached hydrogens (primary N) is 1. The smallest absolute Gasteiger partial charge is 0.126 e. The molecule has 1 aromatic heterocycles. The molecule has 3 N–H and O–H groups in total. The van der Waals surface area contributed by atoms with Gasteiger partial charge in [-0.1, -0.05) is 38.1 Å². The molecule has 0 bridgehead atoms. The van der Waals surface area contributed by atoms with Crippen LogP contribution in [-0.2, 0) is 12.0 Å². The molecule has 19 heavy (non-hydrogen) atoms. The lowest BCUT2D eigenvalue weighted by Gasteiger charge is -2.19. The van der Waals surface area contributed by atoms with Gasteiger partial charge < -0.3 is 10.7 Å². The molecule has 3 nitrogen and oxygen atoms in total. The number of benzene rings is 1. The van der Waals surface area contributed by atoms with Crippen molar-refractivity contribution in [3.05, 3.63) is 41.3 Å². The Morgan fingerprint density at radius 2 is 1.84 bits per heavy atom. The summed E-state index contributed by atoms with van der Waals surface area (Å²) in [6.45, 7) is 8.29. The molecule has 1 unspecified atom stereocenters. The SMILES string of the molecule is CCc1ccc(-c2nc(C(C)(N)CC)[nH]c2C)cc1. The number of aryl methyl sites for hydroxylation is 2. The van der Waals surface area contributed by atoms with Crippen LogP contribution < -0.4 is 5.73 Å². The van der Waals surface area contributed by atoms with Gasteiger partial charge in [0, 0.05) is 11.3 Å². The van der Waals surface area contributed by atoms with Crippen LogP contribution >= 0.6 is 0 Å². The van der Waals surface area contributed by atoms with E-state index in [1.165, 1.54) is 5.56 Å². The molecule has 0 radical (unpaired) electrons. The first-order valence-corrected chi connectivity index (χ1v) is 6.93. The summed E-state index contributed by atoms with van der Waals surface area (Å²) in [5.41, 5.74) is 10.4. The zero-order valence-electron chi connectivity index (χ0n) is 12.2. The number of hydrogen-bond acceptors (Lipinski definition) is 2. The van der Waals surface area contributed by atoms with Crippen LogP contribution in [0.15, 0.2) is 24.3 Å². The highest BCUT2D eigenvalue weighted by molar-refractivity contribution is 5.62. The van der Waals surface area contributed by atoms with Gasteiger partial charge in [0.05, 0.1) is 11.2 Å². The van der Waals surface area contributed by atoms with Crippen LogP contribution in [0.25, 0.3) is 11.3 Å². The zero-order chi connectivity index (χ0) is 14.0. The Labute approximate surface area is 115 Å². The number of nitrogens with zero attached hydrogens (tertiary/aromatic N) is 1. The van der Waals surface area contributed by atoms with Crippen molar-refractivity contribution in [3.8, 4) is 11.3 Å². The van der Waals surface area contributed by atoms with Crippen LogP contribution in [0.3, 0.4) is 0 Å². The van der Waals surface area contributed by atoms with Crippen molar-refractivity contribution in [2.45, 2.75) is 46.1 Å². The van der Waals surface area contributed by atoms with Gasteiger partial charge in [-0.25, -0.2) is 4.98 Å². The van der Waals surface area contributed by atoms with E-state index in [2.05, 4.69) is 43.1 Å². The van der Waals surface area contributed by atoms with Crippen molar-refractivity contribution >= 4 is 0 Å². The summed E-state index contributed by atoms with van der Waals surface area (Å²) in [6.07, 6.45) is 1.91. The Hall–Kier alpha value is -1.61. The molecule has 0 spiro atoms. The Balaban J connectivity index is 2.40. The Morgan fingerprint density at radius 1 is 1.21 bits per heavy atom. The number of rotatable bonds is 4. The normalized spacial score (nSPS) is 14.4. The third kappa shape index (κ3) is 2.71. The summed E-state index contributed by atoms with van der Waals surface area (Å²) < 4.78 is 0. The molecule has 0 aliphatic heterocycles. The highest BCUT2D eigenvalue weighted by atomic mass is 15.0. The summed E-state index contributed by atoms with van der Waals surface area (Å²) in [6, 6.07) is 8.58. The van der Waals surface area contributed by atoms with Crippen LogP contribution in [0.5, 0.6) is 0 Å². The topological polar surface area (TPSA) is 54.7 Å². The second-order valence-electron chi connectivity index (χ2n) is 5.38. The summed E-state index contributed by atoms with van der Waals surface area (Å²) in [5.74, 6) is 0.863. The van der Waals surface area contributed by atoms with Gasteiger partial charge in [0.1, 0.15) is 5.82 Å². The average Bonchev–Trinajstić information content (AvgIpc) is 2.82. The molecule has 0 aliphatic carbocycles. The average molecular weight is 257 g/mol. The number of aromatic nitrogens is 2. The predicted molar refractivity (Wildman–Crippen MR) is 80.0 cm³/mol. The molecule has 3 heteroatoms. The van der Waals surface area contributed by atoms with Gasteiger partial charge >= 0.3 is 0 Å². The summed E-state index contributed by atoms with van der Waals surface area (Å²) in [5, 5.41) is 0. The molecule has 0 saturated carbocycles. The van der Waals surface area contributed by atoms with E-state index in [-0.39, 0.29) is 0 Å². The first kappa shape index (κ1) is 13.8. The molecule has 1 heterocycles. The quantitative estimate of drug-likeness (QED) is 0.880. The zero-order valence-corrected chi connectivity index (χ0v) is 12.2. The van der Waals surface area contributed by atoms with E-state index in [9.17, 15) is 0 Å². The lowest BCUT2D eigenvalue weighted by Crippen LogP contribution is -2.33. The molecule has 0 aliphatic rings. The largest absolute Gasteiger partial charge is 0.344 e. The maximum atomic E-state index is 6.25. The second kappa shape index (κ2) is 5.17. The molecule has 2 aromatic rings. The van der Waals surface area contributed by atoms with Crippen LogP contribution in [0.1, 0.15) is 44.3 Å². The van der Waals surface area contributed by atoms with E-state index in [1.807, 2.05) is 13.8 Å². The summed E-state index contributed by atoms with van der Waals surface area (Å²) in [4.78, 5) is 8.02. The molecular formula is C16H23N3. The molecule has 1 atom stereocenters.